The molecular weight excluding hydrogens is 501 g/mol. The van der Waals surface area contributed by atoms with Crippen molar-refractivity contribution >= 4 is 18.0 Å². The van der Waals surface area contributed by atoms with Crippen molar-refractivity contribution in [3.63, 3.8) is 0 Å². The summed E-state index contributed by atoms with van der Waals surface area (Å²) in [4.78, 5) is 39.5. The van der Waals surface area contributed by atoms with Crippen molar-refractivity contribution in [3.05, 3.63) is 107 Å². The fourth-order valence-electron chi connectivity index (χ4n) is 4.41. The number of halogens is 3. The molecule has 4 rings (SSSR count). The summed E-state index contributed by atoms with van der Waals surface area (Å²) in [5, 5.41) is 12.1. The zero-order valence-corrected chi connectivity index (χ0v) is 20.1. The monoisotopic (exact) mass is 526 g/mol. The molecule has 1 heterocycles. The summed E-state index contributed by atoms with van der Waals surface area (Å²) < 4.78 is 45.7. The predicted molar refractivity (Wildman–Crippen MR) is 131 cm³/mol. The molecule has 2 amide bonds. The van der Waals surface area contributed by atoms with Crippen molar-refractivity contribution < 1.29 is 37.4 Å². The molecule has 0 unspecified atom stereocenters. The number of ether oxygens (including phenoxy) is 1. The highest BCUT2D eigenvalue weighted by atomic mass is 19.4. The van der Waals surface area contributed by atoms with Gasteiger partial charge in [0.2, 0.25) is 5.91 Å². The predicted octanol–water partition coefficient (Wildman–Crippen LogP) is 4.58. The standard InChI is InChI=1S/C28H25F3N2O5/c29-28(30,31)22-13-7-6-11-20(22)14-23(26(35)36)32-25(34)24-15-19-10-4-5-12-21(19)16-33(24)27(37)38-17-18-8-2-1-3-9-18/h1-13,23-24H,14-17H2,(H,32,34)(H,35,36)/t23-,24-/m0/s1. The van der Waals surface area contributed by atoms with Gasteiger partial charge in [-0.2, -0.15) is 13.2 Å². The Labute approximate surface area is 216 Å². The van der Waals surface area contributed by atoms with Gasteiger partial charge in [-0.15, -0.1) is 0 Å². The Balaban J connectivity index is 1.54. The van der Waals surface area contributed by atoms with E-state index in [9.17, 15) is 32.7 Å². The Bertz CT molecular complexity index is 1310. The summed E-state index contributed by atoms with van der Waals surface area (Å²) in [6.45, 7) is 0.0225. The zero-order chi connectivity index (χ0) is 27.3. The molecule has 2 atom stereocenters. The van der Waals surface area contributed by atoms with Crippen LogP contribution in [0.4, 0.5) is 18.0 Å². The van der Waals surface area contributed by atoms with Gasteiger partial charge in [-0.1, -0.05) is 72.8 Å². The lowest BCUT2D eigenvalue weighted by atomic mass is 9.93. The minimum Gasteiger partial charge on any atom is -0.480 e. The second-order valence-electron chi connectivity index (χ2n) is 8.92. The number of aliphatic carboxylic acids is 1. The van der Waals surface area contributed by atoms with E-state index in [1.54, 1.807) is 42.5 Å². The maximum Gasteiger partial charge on any atom is 0.416 e. The molecule has 0 radical (unpaired) electrons. The topological polar surface area (TPSA) is 95.9 Å². The van der Waals surface area contributed by atoms with Crippen LogP contribution >= 0.6 is 0 Å². The van der Waals surface area contributed by atoms with Crippen molar-refractivity contribution in [2.24, 2.45) is 0 Å². The van der Waals surface area contributed by atoms with Gasteiger partial charge in [-0.3, -0.25) is 9.69 Å². The third-order valence-corrected chi connectivity index (χ3v) is 6.35. The largest absolute Gasteiger partial charge is 0.480 e. The number of rotatable bonds is 7. The van der Waals surface area contributed by atoms with Crippen LogP contribution in [0, 0.1) is 0 Å². The normalized spacial score (nSPS) is 15.8. The second kappa shape index (κ2) is 11.4. The SMILES string of the molecule is O=C(O)[C@H](Cc1ccccc1C(F)(F)F)NC(=O)[C@@H]1Cc2ccccc2CN1C(=O)OCc1ccccc1. The minimum absolute atomic E-state index is 0.0296. The molecule has 0 saturated carbocycles. The smallest absolute Gasteiger partial charge is 0.416 e. The van der Waals surface area contributed by atoms with Gasteiger partial charge < -0.3 is 15.2 Å². The minimum atomic E-state index is -4.68. The van der Waals surface area contributed by atoms with Crippen LogP contribution in [0.15, 0.2) is 78.9 Å². The van der Waals surface area contributed by atoms with Crippen LogP contribution in [0.3, 0.4) is 0 Å². The molecule has 1 aliphatic heterocycles. The van der Waals surface area contributed by atoms with Gasteiger partial charge in [0, 0.05) is 12.8 Å². The molecule has 0 fully saturated rings. The van der Waals surface area contributed by atoms with Crippen LogP contribution in [0.1, 0.15) is 27.8 Å². The van der Waals surface area contributed by atoms with Gasteiger partial charge in [0.1, 0.15) is 18.7 Å². The molecule has 0 spiro atoms. The van der Waals surface area contributed by atoms with Crippen LogP contribution in [0.2, 0.25) is 0 Å². The van der Waals surface area contributed by atoms with E-state index in [2.05, 4.69) is 5.32 Å². The molecule has 0 bridgehead atoms. The fourth-order valence-corrected chi connectivity index (χ4v) is 4.41. The van der Waals surface area contributed by atoms with E-state index >= 15 is 0 Å². The summed E-state index contributed by atoms with van der Waals surface area (Å²) in [6, 6.07) is 18.0. The number of alkyl halides is 3. The summed E-state index contributed by atoms with van der Waals surface area (Å²) in [7, 11) is 0. The van der Waals surface area contributed by atoms with Crippen LogP contribution in [0.5, 0.6) is 0 Å². The Kier molecular flexibility index (Phi) is 7.99. The highest BCUT2D eigenvalue weighted by molar-refractivity contribution is 5.90. The Morgan fingerprint density at radius 2 is 1.58 bits per heavy atom. The average molecular weight is 527 g/mol. The van der Waals surface area contributed by atoms with Crippen molar-refractivity contribution in [3.8, 4) is 0 Å². The van der Waals surface area contributed by atoms with E-state index in [0.29, 0.717) is 0 Å². The number of fused-ring (bicyclic) bond motifs is 1. The van der Waals surface area contributed by atoms with Gasteiger partial charge in [0.25, 0.3) is 0 Å². The van der Waals surface area contributed by atoms with Gasteiger partial charge in [0.15, 0.2) is 0 Å². The van der Waals surface area contributed by atoms with Crippen LogP contribution < -0.4 is 5.32 Å². The molecule has 1 aliphatic rings. The van der Waals surface area contributed by atoms with Crippen molar-refractivity contribution in [2.75, 3.05) is 0 Å². The Morgan fingerprint density at radius 1 is 0.947 bits per heavy atom. The number of amides is 2. The highest BCUT2D eigenvalue weighted by Crippen LogP contribution is 2.32. The summed E-state index contributed by atoms with van der Waals surface area (Å²) >= 11 is 0. The molecule has 2 N–H and O–H groups in total. The molecule has 38 heavy (non-hydrogen) atoms. The van der Waals surface area contributed by atoms with Crippen molar-refractivity contribution in [1.82, 2.24) is 10.2 Å². The first-order chi connectivity index (χ1) is 18.1. The quantitative estimate of drug-likeness (QED) is 0.470. The van der Waals surface area contributed by atoms with Crippen LogP contribution in [-0.4, -0.2) is 40.1 Å². The van der Waals surface area contributed by atoms with Crippen molar-refractivity contribution in [2.45, 2.75) is 44.3 Å². The lowest BCUT2D eigenvalue weighted by Crippen LogP contribution is -2.56. The van der Waals surface area contributed by atoms with Gasteiger partial charge in [-0.05, 0) is 28.3 Å². The summed E-state index contributed by atoms with van der Waals surface area (Å²) in [5.41, 5.74) is 1.11. The van der Waals surface area contributed by atoms with E-state index in [-0.39, 0.29) is 25.1 Å². The third-order valence-electron chi connectivity index (χ3n) is 6.35. The van der Waals surface area contributed by atoms with E-state index < -0.39 is 48.2 Å². The van der Waals surface area contributed by atoms with E-state index in [1.807, 2.05) is 12.1 Å². The maximum atomic E-state index is 13.4. The van der Waals surface area contributed by atoms with E-state index in [4.69, 9.17) is 4.74 Å². The van der Waals surface area contributed by atoms with Crippen molar-refractivity contribution in [1.29, 1.82) is 0 Å². The zero-order valence-electron chi connectivity index (χ0n) is 20.1. The number of hydrogen-bond acceptors (Lipinski definition) is 4. The number of nitrogens with one attached hydrogen (secondary N) is 1. The molecule has 0 aromatic heterocycles. The number of carboxylic acid groups (broad SMARTS) is 1. The molecule has 198 valence electrons. The second-order valence-corrected chi connectivity index (χ2v) is 8.92. The lowest BCUT2D eigenvalue weighted by Gasteiger charge is -2.35. The maximum absolute atomic E-state index is 13.4. The number of carbonyl (C=O) groups is 3. The molecule has 7 nitrogen and oxygen atoms in total. The Hall–Kier alpha value is -4.34. The first-order valence-electron chi connectivity index (χ1n) is 11.9. The molecule has 10 heteroatoms. The number of benzene rings is 3. The number of carboxylic acids is 1. The summed E-state index contributed by atoms with van der Waals surface area (Å²) in [6.07, 6.45) is -5.94. The highest BCUT2D eigenvalue weighted by Gasteiger charge is 2.38. The third kappa shape index (κ3) is 6.31. The first-order valence-corrected chi connectivity index (χ1v) is 11.9. The van der Waals surface area contributed by atoms with Crippen LogP contribution in [0.25, 0.3) is 0 Å². The average Bonchev–Trinajstić information content (AvgIpc) is 2.90. The first kappa shape index (κ1) is 26.7. The van der Waals surface area contributed by atoms with Crippen LogP contribution in [-0.2, 0) is 46.5 Å². The van der Waals surface area contributed by atoms with Gasteiger partial charge in [0.05, 0.1) is 12.1 Å². The fraction of sp³-hybridized carbons (Fsp3) is 0.250. The molecule has 0 aliphatic carbocycles. The Morgan fingerprint density at radius 3 is 2.26 bits per heavy atom. The molecule has 3 aromatic carbocycles. The lowest BCUT2D eigenvalue weighted by molar-refractivity contribution is -0.143. The summed E-state index contributed by atoms with van der Waals surface area (Å²) in [5.74, 6) is -2.29. The van der Waals surface area contributed by atoms with Gasteiger partial charge in [-0.25, -0.2) is 9.59 Å². The molecular formula is C28H25F3N2O5. The molecule has 0 saturated heterocycles. The number of hydrogen-bond donors (Lipinski definition) is 2. The van der Waals surface area contributed by atoms with Gasteiger partial charge >= 0.3 is 18.2 Å². The van der Waals surface area contributed by atoms with E-state index in [1.165, 1.54) is 23.1 Å². The van der Waals surface area contributed by atoms with E-state index in [0.717, 1.165) is 22.8 Å². The number of carbonyl (C=O) groups excluding carboxylic acids is 2. The molecule has 3 aromatic rings. The number of nitrogens with zero attached hydrogens (tertiary/aromatic N) is 1.